The van der Waals surface area contributed by atoms with Crippen molar-refractivity contribution in [2.75, 3.05) is 12.4 Å². The van der Waals surface area contributed by atoms with Crippen molar-refractivity contribution in [2.24, 2.45) is 0 Å². The Labute approximate surface area is 148 Å². The van der Waals surface area contributed by atoms with Crippen molar-refractivity contribution in [1.82, 2.24) is 10.9 Å². The van der Waals surface area contributed by atoms with Crippen LogP contribution in [-0.4, -0.2) is 24.2 Å². The number of thioether (sulfide) groups is 1. The normalized spacial score (nSPS) is 12.2. The standard InChI is InChI=1S/C17H15ClN2O3S/c18-13-2-4-14(5-3-13)24-10-16(21)19-20-17(22)12-1-6-15-11(9-12)7-8-23-15/h1-6,9H,7-8,10H2,(H,19,21)(H,20,22). The molecule has 1 heterocycles. The fourth-order valence-corrected chi connectivity index (χ4v) is 3.07. The monoisotopic (exact) mass is 362 g/mol. The molecule has 124 valence electrons. The molecule has 0 unspecified atom stereocenters. The summed E-state index contributed by atoms with van der Waals surface area (Å²) < 4.78 is 5.40. The van der Waals surface area contributed by atoms with Crippen LogP contribution >= 0.6 is 23.4 Å². The first-order valence-electron chi connectivity index (χ1n) is 7.35. The molecule has 0 aliphatic carbocycles. The van der Waals surface area contributed by atoms with Gasteiger partial charge in [-0.05, 0) is 48.0 Å². The van der Waals surface area contributed by atoms with Crippen LogP contribution in [0.3, 0.4) is 0 Å². The first-order chi connectivity index (χ1) is 11.6. The Kier molecular flexibility index (Phi) is 5.27. The predicted octanol–water partition coefficient (Wildman–Crippen LogP) is 2.83. The number of amides is 2. The lowest BCUT2D eigenvalue weighted by Gasteiger charge is -2.08. The van der Waals surface area contributed by atoms with Gasteiger partial charge in [0, 0.05) is 21.9 Å². The van der Waals surface area contributed by atoms with E-state index in [1.165, 1.54) is 11.8 Å². The second-order valence-corrected chi connectivity index (χ2v) is 6.65. The van der Waals surface area contributed by atoms with E-state index in [2.05, 4.69) is 10.9 Å². The van der Waals surface area contributed by atoms with Gasteiger partial charge in [0.05, 0.1) is 12.4 Å². The van der Waals surface area contributed by atoms with Gasteiger partial charge < -0.3 is 4.74 Å². The molecule has 0 atom stereocenters. The number of carbonyl (C=O) groups is 2. The molecular formula is C17H15ClN2O3S. The Morgan fingerprint density at radius 3 is 2.71 bits per heavy atom. The van der Waals surface area contributed by atoms with Gasteiger partial charge >= 0.3 is 0 Å². The molecule has 0 radical (unpaired) electrons. The molecule has 2 aromatic rings. The Bertz CT molecular complexity index is 765. The van der Waals surface area contributed by atoms with Gasteiger partial charge in [0.15, 0.2) is 0 Å². The Hall–Kier alpha value is -2.18. The molecule has 1 aliphatic heterocycles. The second-order valence-electron chi connectivity index (χ2n) is 5.17. The van der Waals surface area contributed by atoms with Gasteiger partial charge in [0.1, 0.15) is 5.75 Å². The highest BCUT2D eigenvalue weighted by Gasteiger charge is 2.15. The summed E-state index contributed by atoms with van der Waals surface area (Å²) in [4.78, 5) is 24.8. The average molecular weight is 363 g/mol. The quantitative estimate of drug-likeness (QED) is 0.648. The van der Waals surface area contributed by atoms with E-state index in [0.717, 1.165) is 22.6 Å². The number of carbonyl (C=O) groups excluding carboxylic acids is 2. The molecule has 0 saturated carbocycles. The van der Waals surface area contributed by atoms with Crippen LogP contribution in [0.1, 0.15) is 15.9 Å². The zero-order chi connectivity index (χ0) is 16.9. The molecule has 0 saturated heterocycles. The Balaban J connectivity index is 1.47. The summed E-state index contributed by atoms with van der Waals surface area (Å²) in [5.74, 6) is 0.372. The van der Waals surface area contributed by atoms with Gasteiger partial charge in [0.25, 0.3) is 5.91 Å². The number of rotatable bonds is 4. The maximum Gasteiger partial charge on any atom is 0.269 e. The smallest absolute Gasteiger partial charge is 0.269 e. The topological polar surface area (TPSA) is 67.4 Å². The number of hydrazine groups is 1. The third-order valence-corrected chi connectivity index (χ3v) is 4.71. The van der Waals surface area contributed by atoms with E-state index >= 15 is 0 Å². The summed E-state index contributed by atoms with van der Waals surface area (Å²) in [5, 5.41) is 0.649. The zero-order valence-corrected chi connectivity index (χ0v) is 14.2. The summed E-state index contributed by atoms with van der Waals surface area (Å²) >= 11 is 7.17. The predicted molar refractivity (Wildman–Crippen MR) is 93.4 cm³/mol. The molecule has 24 heavy (non-hydrogen) atoms. The van der Waals surface area contributed by atoms with E-state index in [1.54, 1.807) is 30.3 Å². The molecule has 2 amide bonds. The van der Waals surface area contributed by atoms with Crippen LogP contribution in [0.4, 0.5) is 0 Å². The van der Waals surface area contributed by atoms with Crippen molar-refractivity contribution in [3.05, 3.63) is 58.6 Å². The van der Waals surface area contributed by atoms with E-state index < -0.39 is 0 Å². The highest BCUT2D eigenvalue weighted by Crippen LogP contribution is 2.25. The maximum absolute atomic E-state index is 12.1. The minimum atomic E-state index is -0.352. The molecule has 7 heteroatoms. The fourth-order valence-electron chi connectivity index (χ4n) is 2.24. The number of nitrogens with one attached hydrogen (secondary N) is 2. The zero-order valence-electron chi connectivity index (χ0n) is 12.7. The fraction of sp³-hybridized carbons (Fsp3) is 0.176. The van der Waals surface area contributed by atoms with E-state index in [0.29, 0.717) is 17.2 Å². The van der Waals surface area contributed by atoms with Gasteiger partial charge in [0.2, 0.25) is 5.91 Å². The van der Waals surface area contributed by atoms with Crippen LogP contribution in [0.25, 0.3) is 0 Å². The molecule has 0 spiro atoms. The summed E-state index contributed by atoms with van der Waals surface area (Å²) in [5.41, 5.74) is 6.33. The highest BCUT2D eigenvalue weighted by atomic mass is 35.5. The summed E-state index contributed by atoms with van der Waals surface area (Å²) in [6, 6.07) is 12.4. The molecular weight excluding hydrogens is 348 g/mol. The lowest BCUT2D eigenvalue weighted by Crippen LogP contribution is -2.42. The molecule has 1 aliphatic rings. The van der Waals surface area contributed by atoms with Gasteiger partial charge in [-0.2, -0.15) is 0 Å². The third kappa shape index (κ3) is 4.21. The molecule has 5 nitrogen and oxygen atoms in total. The molecule has 0 aromatic heterocycles. The maximum atomic E-state index is 12.1. The van der Waals surface area contributed by atoms with Gasteiger partial charge in [-0.1, -0.05) is 11.6 Å². The van der Waals surface area contributed by atoms with Crippen LogP contribution in [0, 0.1) is 0 Å². The number of benzene rings is 2. The van der Waals surface area contributed by atoms with Gasteiger partial charge in [-0.25, -0.2) is 0 Å². The van der Waals surface area contributed by atoms with Crippen LogP contribution in [0.5, 0.6) is 5.75 Å². The largest absolute Gasteiger partial charge is 0.493 e. The van der Waals surface area contributed by atoms with E-state index in [9.17, 15) is 9.59 Å². The first kappa shape index (κ1) is 16.7. The number of halogens is 1. The first-order valence-corrected chi connectivity index (χ1v) is 8.71. The number of hydrogen-bond acceptors (Lipinski definition) is 4. The Morgan fingerprint density at radius 1 is 1.12 bits per heavy atom. The van der Waals surface area contributed by atoms with E-state index in [1.807, 2.05) is 12.1 Å². The van der Waals surface area contributed by atoms with E-state index in [4.69, 9.17) is 16.3 Å². The second kappa shape index (κ2) is 7.59. The number of fused-ring (bicyclic) bond motifs is 1. The highest BCUT2D eigenvalue weighted by molar-refractivity contribution is 8.00. The van der Waals surface area contributed by atoms with Crippen molar-refractivity contribution in [1.29, 1.82) is 0 Å². The minimum absolute atomic E-state index is 0.194. The molecule has 0 bridgehead atoms. The molecule has 2 N–H and O–H groups in total. The van der Waals surface area contributed by atoms with Crippen molar-refractivity contribution in [3.8, 4) is 5.75 Å². The lowest BCUT2D eigenvalue weighted by atomic mass is 10.1. The Morgan fingerprint density at radius 2 is 1.92 bits per heavy atom. The van der Waals surface area contributed by atoms with Gasteiger partial charge in [-0.15, -0.1) is 11.8 Å². The third-order valence-electron chi connectivity index (χ3n) is 3.45. The molecule has 3 rings (SSSR count). The number of ether oxygens (including phenoxy) is 1. The van der Waals surface area contributed by atoms with Crippen molar-refractivity contribution in [3.63, 3.8) is 0 Å². The van der Waals surface area contributed by atoms with Crippen molar-refractivity contribution in [2.45, 2.75) is 11.3 Å². The van der Waals surface area contributed by atoms with E-state index in [-0.39, 0.29) is 17.6 Å². The van der Waals surface area contributed by atoms with Crippen molar-refractivity contribution >= 4 is 35.2 Å². The van der Waals surface area contributed by atoms with Crippen LogP contribution in [0.15, 0.2) is 47.4 Å². The van der Waals surface area contributed by atoms with Crippen molar-refractivity contribution < 1.29 is 14.3 Å². The molecule has 2 aromatic carbocycles. The number of hydrogen-bond donors (Lipinski definition) is 2. The SMILES string of the molecule is O=C(CSc1ccc(Cl)cc1)NNC(=O)c1ccc2c(c1)CCO2. The minimum Gasteiger partial charge on any atom is -0.493 e. The van der Waals surface area contributed by atoms with Crippen LogP contribution in [0.2, 0.25) is 5.02 Å². The average Bonchev–Trinajstić information content (AvgIpc) is 3.06. The van der Waals surface area contributed by atoms with Crippen LogP contribution < -0.4 is 15.6 Å². The summed E-state index contributed by atoms with van der Waals surface area (Å²) in [6.07, 6.45) is 0.792. The molecule has 0 fully saturated rings. The lowest BCUT2D eigenvalue weighted by molar-refractivity contribution is -0.119. The van der Waals surface area contributed by atoms with Crippen LogP contribution in [-0.2, 0) is 11.2 Å². The summed E-state index contributed by atoms with van der Waals surface area (Å²) in [6.45, 7) is 0.638. The van der Waals surface area contributed by atoms with Gasteiger partial charge in [-0.3, -0.25) is 20.4 Å². The summed E-state index contributed by atoms with van der Waals surface area (Å²) in [7, 11) is 0.